The smallest absolute Gasteiger partial charge is 0.129 e. The SMILES string of the molecule is CCc1nn(Cc2ccc(Cl)cc2F)c(CC)c1C(C)N. The van der Waals surface area contributed by atoms with Crippen molar-refractivity contribution in [2.75, 3.05) is 0 Å². The molecular weight excluding hydrogens is 289 g/mol. The molecule has 0 amide bonds. The zero-order valence-corrected chi connectivity index (χ0v) is 13.4. The lowest BCUT2D eigenvalue weighted by atomic mass is 10.0. The number of benzene rings is 1. The Morgan fingerprint density at radius 2 is 2.05 bits per heavy atom. The van der Waals surface area contributed by atoms with Gasteiger partial charge in [-0.15, -0.1) is 0 Å². The Balaban J connectivity index is 2.44. The van der Waals surface area contributed by atoms with E-state index in [2.05, 4.69) is 18.9 Å². The zero-order valence-electron chi connectivity index (χ0n) is 12.7. The Kier molecular flexibility index (Phi) is 5.01. The topological polar surface area (TPSA) is 43.8 Å². The van der Waals surface area contributed by atoms with E-state index < -0.39 is 0 Å². The van der Waals surface area contributed by atoms with E-state index in [-0.39, 0.29) is 11.9 Å². The fraction of sp³-hybridized carbons (Fsp3) is 0.438. The first-order valence-corrected chi connectivity index (χ1v) is 7.63. The predicted octanol–water partition coefficient (Wildman–Crippen LogP) is 3.87. The molecule has 5 heteroatoms. The first kappa shape index (κ1) is 16.0. The van der Waals surface area contributed by atoms with E-state index in [1.54, 1.807) is 12.1 Å². The molecule has 2 rings (SSSR count). The van der Waals surface area contributed by atoms with Crippen molar-refractivity contribution in [3.63, 3.8) is 0 Å². The molecule has 1 unspecified atom stereocenters. The molecule has 3 nitrogen and oxygen atoms in total. The van der Waals surface area contributed by atoms with Gasteiger partial charge in [-0.2, -0.15) is 5.10 Å². The van der Waals surface area contributed by atoms with Gasteiger partial charge in [-0.25, -0.2) is 4.39 Å². The van der Waals surface area contributed by atoms with E-state index in [0.717, 1.165) is 29.8 Å². The molecule has 0 fully saturated rings. The maximum atomic E-state index is 14.0. The minimum Gasteiger partial charge on any atom is -0.324 e. The van der Waals surface area contributed by atoms with Gasteiger partial charge in [-0.1, -0.05) is 31.5 Å². The van der Waals surface area contributed by atoms with Crippen molar-refractivity contribution in [3.8, 4) is 0 Å². The third kappa shape index (κ3) is 3.27. The Morgan fingerprint density at radius 3 is 2.57 bits per heavy atom. The summed E-state index contributed by atoms with van der Waals surface area (Å²) in [5.74, 6) is -0.305. The maximum absolute atomic E-state index is 14.0. The second kappa shape index (κ2) is 6.58. The van der Waals surface area contributed by atoms with Crippen molar-refractivity contribution in [2.24, 2.45) is 5.73 Å². The number of nitrogens with two attached hydrogens (primary N) is 1. The average Bonchev–Trinajstić information content (AvgIpc) is 2.79. The number of aryl methyl sites for hydroxylation is 1. The minimum atomic E-state index is -0.305. The highest BCUT2D eigenvalue weighted by Gasteiger charge is 2.19. The number of aromatic nitrogens is 2. The molecule has 21 heavy (non-hydrogen) atoms. The van der Waals surface area contributed by atoms with Gasteiger partial charge in [0.2, 0.25) is 0 Å². The summed E-state index contributed by atoms with van der Waals surface area (Å²) in [5, 5.41) is 5.02. The van der Waals surface area contributed by atoms with Gasteiger partial charge in [0.25, 0.3) is 0 Å². The highest BCUT2D eigenvalue weighted by molar-refractivity contribution is 6.30. The van der Waals surface area contributed by atoms with Crippen LogP contribution in [-0.4, -0.2) is 9.78 Å². The van der Waals surface area contributed by atoms with Crippen LogP contribution in [0.4, 0.5) is 4.39 Å². The van der Waals surface area contributed by atoms with Crippen molar-refractivity contribution >= 4 is 11.6 Å². The van der Waals surface area contributed by atoms with Gasteiger partial charge in [0.1, 0.15) is 5.82 Å². The van der Waals surface area contributed by atoms with Crippen molar-refractivity contribution in [2.45, 2.75) is 46.2 Å². The molecule has 0 radical (unpaired) electrons. The van der Waals surface area contributed by atoms with Crippen LogP contribution in [0.25, 0.3) is 0 Å². The number of rotatable bonds is 5. The van der Waals surface area contributed by atoms with Gasteiger partial charge in [-0.05, 0) is 31.9 Å². The standard InChI is InChI=1S/C16H21ClFN3/c1-4-14-16(10(3)19)15(5-2)21(20-14)9-11-6-7-12(17)8-13(11)18/h6-8,10H,4-5,9,19H2,1-3H3. The Labute approximate surface area is 129 Å². The second-order valence-corrected chi connectivity index (χ2v) is 5.63. The summed E-state index contributed by atoms with van der Waals surface area (Å²) in [4.78, 5) is 0. The Morgan fingerprint density at radius 1 is 1.33 bits per heavy atom. The van der Waals surface area contributed by atoms with Crippen LogP contribution < -0.4 is 5.73 Å². The van der Waals surface area contributed by atoms with Gasteiger partial charge in [-0.3, -0.25) is 4.68 Å². The summed E-state index contributed by atoms with van der Waals surface area (Å²) in [7, 11) is 0. The van der Waals surface area contributed by atoms with Gasteiger partial charge in [0.15, 0.2) is 0 Å². The fourth-order valence-electron chi connectivity index (χ4n) is 2.67. The Bertz CT molecular complexity index is 635. The zero-order chi connectivity index (χ0) is 15.6. The van der Waals surface area contributed by atoms with Gasteiger partial charge < -0.3 is 5.73 Å². The molecule has 1 heterocycles. The van der Waals surface area contributed by atoms with E-state index in [1.807, 2.05) is 11.6 Å². The van der Waals surface area contributed by atoms with Crippen LogP contribution >= 0.6 is 11.6 Å². The molecule has 0 saturated heterocycles. The fourth-order valence-corrected chi connectivity index (χ4v) is 2.83. The normalized spacial score (nSPS) is 12.7. The van der Waals surface area contributed by atoms with Crippen molar-refractivity contribution in [1.29, 1.82) is 0 Å². The first-order valence-electron chi connectivity index (χ1n) is 7.25. The molecule has 1 aromatic carbocycles. The molecule has 2 N–H and O–H groups in total. The molecule has 1 atom stereocenters. The van der Waals surface area contributed by atoms with Crippen LogP contribution in [0.15, 0.2) is 18.2 Å². The quantitative estimate of drug-likeness (QED) is 0.911. The number of nitrogens with zero attached hydrogens (tertiary/aromatic N) is 2. The van der Waals surface area contributed by atoms with Crippen molar-refractivity contribution < 1.29 is 4.39 Å². The average molecular weight is 310 g/mol. The number of hydrogen-bond acceptors (Lipinski definition) is 2. The maximum Gasteiger partial charge on any atom is 0.129 e. The van der Waals surface area contributed by atoms with Crippen molar-refractivity contribution in [1.82, 2.24) is 9.78 Å². The largest absolute Gasteiger partial charge is 0.324 e. The third-order valence-corrected chi connectivity index (χ3v) is 3.87. The lowest BCUT2D eigenvalue weighted by molar-refractivity contribution is 0.573. The first-order chi connectivity index (χ1) is 9.97. The molecule has 2 aromatic rings. The lowest BCUT2D eigenvalue weighted by Crippen LogP contribution is -2.11. The summed E-state index contributed by atoms with van der Waals surface area (Å²) in [5.41, 5.74) is 9.83. The van der Waals surface area contributed by atoms with Crippen LogP contribution in [-0.2, 0) is 19.4 Å². The molecular formula is C16H21ClFN3. The molecule has 0 saturated carbocycles. The second-order valence-electron chi connectivity index (χ2n) is 5.20. The van der Waals surface area contributed by atoms with Gasteiger partial charge in [0.05, 0.1) is 12.2 Å². The van der Waals surface area contributed by atoms with Crippen LogP contribution in [0.5, 0.6) is 0 Å². The van der Waals surface area contributed by atoms with E-state index >= 15 is 0 Å². The monoisotopic (exact) mass is 309 g/mol. The van der Waals surface area contributed by atoms with E-state index in [4.69, 9.17) is 17.3 Å². The lowest BCUT2D eigenvalue weighted by Gasteiger charge is -2.11. The van der Waals surface area contributed by atoms with Crippen LogP contribution in [0, 0.1) is 5.82 Å². The van der Waals surface area contributed by atoms with Gasteiger partial charge >= 0.3 is 0 Å². The number of halogens is 2. The highest BCUT2D eigenvalue weighted by atomic mass is 35.5. The predicted molar refractivity (Wildman–Crippen MR) is 84.1 cm³/mol. The van der Waals surface area contributed by atoms with Crippen LogP contribution in [0.3, 0.4) is 0 Å². The highest BCUT2D eigenvalue weighted by Crippen LogP contribution is 2.24. The van der Waals surface area contributed by atoms with Crippen molar-refractivity contribution in [3.05, 3.63) is 51.6 Å². The van der Waals surface area contributed by atoms with Crippen LogP contribution in [0.1, 0.15) is 49.3 Å². The van der Waals surface area contributed by atoms with E-state index in [9.17, 15) is 4.39 Å². The van der Waals surface area contributed by atoms with E-state index in [1.165, 1.54) is 6.07 Å². The third-order valence-electron chi connectivity index (χ3n) is 3.64. The molecule has 0 aliphatic carbocycles. The Hall–Kier alpha value is -1.39. The summed E-state index contributed by atoms with van der Waals surface area (Å²) < 4.78 is 15.8. The summed E-state index contributed by atoms with van der Waals surface area (Å²) in [6.45, 7) is 6.48. The summed E-state index contributed by atoms with van der Waals surface area (Å²) in [6, 6.07) is 4.66. The molecule has 0 aliphatic rings. The summed E-state index contributed by atoms with van der Waals surface area (Å²) in [6.07, 6.45) is 1.64. The molecule has 1 aromatic heterocycles. The minimum absolute atomic E-state index is 0.0706. The molecule has 0 bridgehead atoms. The van der Waals surface area contributed by atoms with Gasteiger partial charge in [0, 0.05) is 27.9 Å². The molecule has 0 spiro atoms. The molecule has 0 aliphatic heterocycles. The van der Waals surface area contributed by atoms with E-state index in [0.29, 0.717) is 17.1 Å². The summed E-state index contributed by atoms with van der Waals surface area (Å²) >= 11 is 5.79. The molecule has 114 valence electrons. The number of hydrogen-bond donors (Lipinski definition) is 1. The van der Waals surface area contributed by atoms with Crippen LogP contribution in [0.2, 0.25) is 5.02 Å².